The van der Waals surface area contributed by atoms with Gasteiger partial charge in [-0.1, -0.05) is 11.6 Å². The van der Waals surface area contributed by atoms with Crippen LogP contribution in [0.15, 0.2) is 18.2 Å². The first kappa shape index (κ1) is 19.8. The van der Waals surface area contributed by atoms with E-state index in [4.69, 9.17) is 16.7 Å². The highest BCUT2D eigenvalue weighted by molar-refractivity contribution is 6.31. The zero-order valence-corrected chi connectivity index (χ0v) is 17.0. The number of amides is 3. The summed E-state index contributed by atoms with van der Waals surface area (Å²) >= 11 is 6.17. The van der Waals surface area contributed by atoms with E-state index in [1.54, 1.807) is 39.0 Å². The third-order valence-electron chi connectivity index (χ3n) is 6.02. The van der Waals surface area contributed by atoms with Crippen LogP contribution in [0, 0.1) is 11.8 Å². The highest BCUT2D eigenvalue weighted by atomic mass is 35.5. The Balaban J connectivity index is 1.88. The van der Waals surface area contributed by atoms with Crippen molar-refractivity contribution in [2.24, 2.45) is 11.8 Å². The first-order valence-electron chi connectivity index (χ1n) is 9.47. The highest BCUT2D eigenvalue weighted by Gasteiger charge is 2.71. The minimum atomic E-state index is -1.46. The van der Waals surface area contributed by atoms with Crippen molar-refractivity contribution in [1.29, 1.82) is 0 Å². The molecule has 4 atom stereocenters. The quantitative estimate of drug-likeness (QED) is 0.642. The maximum Gasteiger partial charge on any atom is 0.303 e. The first-order valence-corrected chi connectivity index (χ1v) is 9.85. The lowest BCUT2D eigenvalue weighted by atomic mass is 9.76. The number of imide groups is 1. The Hall–Kier alpha value is -2.45. The fourth-order valence-corrected chi connectivity index (χ4v) is 5.13. The van der Waals surface area contributed by atoms with Gasteiger partial charge in [-0.05, 0) is 45.4 Å². The van der Waals surface area contributed by atoms with Crippen LogP contribution in [0.25, 0.3) is 0 Å². The third-order valence-corrected chi connectivity index (χ3v) is 6.25. The Labute approximate surface area is 172 Å². The predicted octanol–water partition coefficient (Wildman–Crippen LogP) is 1.72. The molecule has 0 radical (unpaired) electrons. The first-order chi connectivity index (χ1) is 13.5. The predicted molar refractivity (Wildman–Crippen MR) is 104 cm³/mol. The molecule has 29 heavy (non-hydrogen) atoms. The van der Waals surface area contributed by atoms with Crippen molar-refractivity contribution in [2.75, 3.05) is 5.32 Å². The molecular formula is C20H22ClN3O5. The number of nitrogens with one attached hydrogen (secondary N) is 2. The van der Waals surface area contributed by atoms with Gasteiger partial charge in [-0.15, -0.1) is 0 Å². The van der Waals surface area contributed by atoms with Gasteiger partial charge in [-0.25, -0.2) is 0 Å². The van der Waals surface area contributed by atoms with Gasteiger partial charge < -0.3 is 10.4 Å². The molecule has 4 rings (SSSR count). The van der Waals surface area contributed by atoms with Gasteiger partial charge in [0.15, 0.2) is 0 Å². The van der Waals surface area contributed by atoms with Crippen molar-refractivity contribution in [2.45, 2.75) is 50.7 Å². The van der Waals surface area contributed by atoms with Gasteiger partial charge in [0.05, 0.1) is 11.8 Å². The lowest BCUT2D eigenvalue weighted by Gasteiger charge is -2.34. The van der Waals surface area contributed by atoms with Crippen molar-refractivity contribution in [3.8, 4) is 0 Å². The molecule has 0 bridgehead atoms. The molecule has 0 aromatic heterocycles. The summed E-state index contributed by atoms with van der Waals surface area (Å²) < 4.78 is 0. The van der Waals surface area contributed by atoms with Gasteiger partial charge in [0.1, 0.15) is 5.54 Å². The number of carboxylic acids is 1. The Morgan fingerprint density at radius 2 is 1.93 bits per heavy atom. The zero-order valence-electron chi connectivity index (χ0n) is 16.3. The van der Waals surface area contributed by atoms with Crippen molar-refractivity contribution in [3.63, 3.8) is 0 Å². The zero-order chi connectivity index (χ0) is 21.3. The van der Waals surface area contributed by atoms with E-state index in [1.807, 2.05) is 0 Å². The summed E-state index contributed by atoms with van der Waals surface area (Å²) in [5.74, 6) is -4.03. The maximum absolute atomic E-state index is 13.5. The summed E-state index contributed by atoms with van der Waals surface area (Å²) in [6.07, 6.45) is -0.0591. The number of likely N-dealkylation sites (tertiary alicyclic amines) is 1. The van der Waals surface area contributed by atoms with E-state index in [9.17, 15) is 19.2 Å². The summed E-state index contributed by atoms with van der Waals surface area (Å²) in [6, 6.07) is 4.29. The Morgan fingerprint density at radius 3 is 2.55 bits per heavy atom. The molecule has 3 aliphatic rings. The molecule has 3 amide bonds. The molecule has 3 heterocycles. The summed E-state index contributed by atoms with van der Waals surface area (Å²) in [6.45, 7) is 5.28. The second-order valence-electron chi connectivity index (χ2n) is 8.82. The van der Waals surface area contributed by atoms with E-state index < -0.39 is 46.7 Å². The van der Waals surface area contributed by atoms with Crippen LogP contribution in [0.1, 0.15) is 39.2 Å². The average Bonchev–Trinajstić information content (AvgIpc) is 3.18. The summed E-state index contributed by atoms with van der Waals surface area (Å²) in [5.41, 5.74) is -1.18. The molecule has 0 unspecified atom stereocenters. The van der Waals surface area contributed by atoms with Crippen molar-refractivity contribution in [1.82, 2.24) is 10.2 Å². The molecule has 3 N–H and O–H groups in total. The van der Waals surface area contributed by atoms with Crippen LogP contribution in [0.3, 0.4) is 0 Å². The fraction of sp³-hybridized carbons (Fsp3) is 0.500. The number of nitrogens with zero attached hydrogens (tertiary/aromatic N) is 1. The number of anilines is 1. The second-order valence-corrected chi connectivity index (χ2v) is 9.26. The van der Waals surface area contributed by atoms with Crippen LogP contribution < -0.4 is 10.6 Å². The van der Waals surface area contributed by atoms with Crippen LogP contribution in [0.2, 0.25) is 5.02 Å². The standard InChI is InChI=1S/C20H22ClN3O5/c1-19(2,3)24-16(27)14-12(6-7-13(25)26)23-20(15(14)17(24)28)10-8-9(21)4-5-11(10)22-18(20)29/h4-5,8,12,14-15,23H,6-7H2,1-3H3,(H,22,29)(H,25,26)/t12-,14+,15+,20-/m1/s1. The van der Waals surface area contributed by atoms with Crippen LogP contribution in [0.4, 0.5) is 5.69 Å². The van der Waals surface area contributed by atoms with Crippen LogP contribution in [-0.2, 0) is 24.7 Å². The molecule has 9 heteroatoms. The molecule has 2 saturated heterocycles. The Bertz CT molecular complexity index is 956. The van der Waals surface area contributed by atoms with E-state index >= 15 is 0 Å². The molecule has 8 nitrogen and oxygen atoms in total. The number of fused-ring (bicyclic) bond motifs is 4. The molecule has 0 saturated carbocycles. The van der Waals surface area contributed by atoms with Gasteiger partial charge in [0, 0.05) is 34.3 Å². The van der Waals surface area contributed by atoms with Crippen LogP contribution in [0.5, 0.6) is 0 Å². The van der Waals surface area contributed by atoms with E-state index in [0.717, 1.165) is 0 Å². The van der Waals surface area contributed by atoms with E-state index in [-0.39, 0.29) is 18.7 Å². The number of carboxylic acid groups (broad SMARTS) is 1. The summed E-state index contributed by atoms with van der Waals surface area (Å²) in [4.78, 5) is 52.3. The third kappa shape index (κ3) is 2.69. The molecule has 1 aromatic carbocycles. The normalized spacial score (nSPS) is 30.7. The number of carbonyl (C=O) groups is 4. The van der Waals surface area contributed by atoms with Gasteiger partial charge in [0.2, 0.25) is 17.7 Å². The fourth-order valence-electron chi connectivity index (χ4n) is 4.96. The molecule has 3 aliphatic heterocycles. The minimum absolute atomic E-state index is 0.123. The molecule has 0 aliphatic carbocycles. The average molecular weight is 420 g/mol. The minimum Gasteiger partial charge on any atom is -0.481 e. The molecular weight excluding hydrogens is 398 g/mol. The van der Waals surface area contributed by atoms with E-state index in [1.165, 1.54) is 4.90 Å². The van der Waals surface area contributed by atoms with Gasteiger partial charge in [0.25, 0.3) is 0 Å². The number of benzene rings is 1. The van der Waals surface area contributed by atoms with Crippen LogP contribution >= 0.6 is 11.6 Å². The number of hydrogen-bond acceptors (Lipinski definition) is 5. The van der Waals surface area contributed by atoms with Crippen molar-refractivity contribution >= 4 is 41.0 Å². The monoisotopic (exact) mass is 419 g/mol. The SMILES string of the molecule is CC(C)(C)N1C(=O)[C@@H]2[C@@H](C1=O)[C@@]1(N[C@@H]2CCC(=O)O)C(=O)Nc2ccc(Cl)cc21. The maximum atomic E-state index is 13.5. The number of hydrogen-bond donors (Lipinski definition) is 3. The number of rotatable bonds is 3. The molecule has 154 valence electrons. The van der Waals surface area contributed by atoms with E-state index in [0.29, 0.717) is 16.3 Å². The molecule has 2 fully saturated rings. The lowest BCUT2D eigenvalue weighted by Crippen LogP contribution is -2.55. The molecule has 1 spiro atoms. The summed E-state index contributed by atoms with van der Waals surface area (Å²) in [5, 5.41) is 15.5. The molecule has 1 aromatic rings. The number of aliphatic carboxylic acids is 1. The largest absolute Gasteiger partial charge is 0.481 e. The van der Waals surface area contributed by atoms with Crippen molar-refractivity contribution < 1.29 is 24.3 Å². The van der Waals surface area contributed by atoms with Crippen LogP contribution in [-0.4, -0.2) is 45.3 Å². The van der Waals surface area contributed by atoms with Crippen molar-refractivity contribution in [3.05, 3.63) is 28.8 Å². The number of carbonyl (C=O) groups excluding carboxylic acids is 3. The lowest BCUT2D eigenvalue weighted by molar-refractivity contribution is -0.148. The topological polar surface area (TPSA) is 116 Å². The van der Waals surface area contributed by atoms with E-state index in [2.05, 4.69) is 10.6 Å². The second kappa shape index (κ2) is 6.27. The highest BCUT2D eigenvalue weighted by Crippen LogP contribution is 2.54. The summed E-state index contributed by atoms with van der Waals surface area (Å²) in [7, 11) is 0. The smallest absolute Gasteiger partial charge is 0.303 e. The Kier molecular flexibility index (Phi) is 4.29. The van der Waals surface area contributed by atoms with Gasteiger partial charge in [-0.2, -0.15) is 0 Å². The van der Waals surface area contributed by atoms with Gasteiger partial charge >= 0.3 is 5.97 Å². The Morgan fingerprint density at radius 1 is 1.24 bits per heavy atom. The number of halogens is 1. The van der Waals surface area contributed by atoms with Gasteiger partial charge in [-0.3, -0.25) is 29.4 Å².